The number of benzene rings is 1. The first-order valence-corrected chi connectivity index (χ1v) is 10.3. The average molecular weight is 361 g/mol. The zero-order valence-corrected chi connectivity index (χ0v) is 15.8. The van der Waals surface area contributed by atoms with Gasteiger partial charge in [-0.2, -0.15) is 11.8 Å². The van der Waals surface area contributed by atoms with Crippen LogP contribution in [-0.2, 0) is 11.2 Å². The fourth-order valence-corrected chi connectivity index (χ4v) is 4.58. The first-order valence-electron chi connectivity index (χ1n) is 9.30. The lowest BCUT2D eigenvalue weighted by atomic mass is 10.0. The van der Waals surface area contributed by atoms with Crippen LogP contribution in [0, 0.1) is 0 Å². The minimum absolute atomic E-state index is 0.0691. The predicted molar refractivity (Wildman–Crippen MR) is 107 cm³/mol. The number of hydrogen-bond acceptors (Lipinski definition) is 3. The zero-order valence-electron chi connectivity index (χ0n) is 15.0. The fraction of sp³-hybridized carbons (Fsp3) is 0.579. The molecule has 0 aliphatic carbocycles. The van der Waals surface area contributed by atoms with Crippen molar-refractivity contribution in [2.75, 3.05) is 36.8 Å². The van der Waals surface area contributed by atoms with E-state index in [0.717, 1.165) is 44.1 Å². The predicted octanol–water partition coefficient (Wildman–Crippen LogP) is 2.42. The van der Waals surface area contributed by atoms with E-state index in [1.165, 1.54) is 24.2 Å². The molecular formula is C19H28N4OS. The second-order valence-electron chi connectivity index (χ2n) is 6.49. The van der Waals surface area contributed by atoms with Gasteiger partial charge in [0.2, 0.25) is 5.91 Å². The molecule has 0 spiro atoms. The molecule has 25 heavy (non-hydrogen) atoms. The number of fused-ring (bicyclic) bond motifs is 1. The minimum Gasteiger partial charge on any atom is -0.357 e. The molecule has 0 saturated carbocycles. The fourth-order valence-electron chi connectivity index (χ4n) is 3.38. The van der Waals surface area contributed by atoms with E-state index in [1.807, 2.05) is 41.8 Å². The summed E-state index contributed by atoms with van der Waals surface area (Å²) < 4.78 is 0. The maximum Gasteiger partial charge on any atom is 0.248 e. The number of amides is 1. The van der Waals surface area contributed by atoms with Crippen molar-refractivity contribution in [1.29, 1.82) is 0 Å². The van der Waals surface area contributed by atoms with Crippen LogP contribution in [0.3, 0.4) is 0 Å². The lowest BCUT2D eigenvalue weighted by Crippen LogP contribution is -2.42. The molecule has 3 rings (SSSR count). The molecule has 2 aliphatic rings. The lowest BCUT2D eigenvalue weighted by Gasteiger charge is -2.29. The number of para-hydroxylation sites is 1. The van der Waals surface area contributed by atoms with Crippen molar-refractivity contribution in [3.63, 3.8) is 0 Å². The highest BCUT2D eigenvalue weighted by atomic mass is 32.2. The number of anilines is 1. The van der Waals surface area contributed by atoms with E-state index in [1.54, 1.807) is 0 Å². The highest BCUT2D eigenvalue weighted by molar-refractivity contribution is 8.00. The quantitative estimate of drug-likeness (QED) is 0.625. The number of nitrogens with zero attached hydrogens (tertiary/aromatic N) is 2. The molecule has 1 unspecified atom stereocenters. The summed E-state index contributed by atoms with van der Waals surface area (Å²) in [6.07, 6.45) is 4.63. The van der Waals surface area contributed by atoms with Gasteiger partial charge in [0.1, 0.15) is 6.54 Å². The smallest absolute Gasteiger partial charge is 0.248 e. The Morgan fingerprint density at radius 3 is 3.00 bits per heavy atom. The second-order valence-corrected chi connectivity index (χ2v) is 7.90. The number of nitrogens with one attached hydrogen (secondary N) is 2. The first-order chi connectivity index (χ1) is 12.3. The van der Waals surface area contributed by atoms with Crippen LogP contribution in [0.4, 0.5) is 5.69 Å². The Bertz CT molecular complexity index is 613. The molecule has 1 aromatic carbocycles. The Morgan fingerprint density at radius 1 is 1.32 bits per heavy atom. The van der Waals surface area contributed by atoms with E-state index in [2.05, 4.69) is 21.7 Å². The van der Waals surface area contributed by atoms with E-state index in [4.69, 9.17) is 0 Å². The molecule has 1 fully saturated rings. The molecule has 0 radical (unpaired) electrons. The molecule has 1 amide bonds. The third-order valence-corrected chi connectivity index (χ3v) is 6.05. The Balaban J connectivity index is 1.59. The van der Waals surface area contributed by atoms with Crippen molar-refractivity contribution in [3.05, 3.63) is 29.8 Å². The number of carbonyl (C=O) groups excluding carboxylic acids is 1. The highest BCUT2D eigenvalue weighted by Crippen LogP contribution is 2.27. The number of carbonyl (C=O) groups is 1. The molecule has 136 valence electrons. The van der Waals surface area contributed by atoms with Crippen LogP contribution >= 0.6 is 11.8 Å². The summed E-state index contributed by atoms with van der Waals surface area (Å²) in [5.41, 5.74) is 2.31. The summed E-state index contributed by atoms with van der Waals surface area (Å²) in [5, 5.41) is 7.29. The molecule has 1 atom stereocenters. The summed E-state index contributed by atoms with van der Waals surface area (Å²) in [5.74, 6) is 2.07. The number of guanidine groups is 1. The Kier molecular flexibility index (Phi) is 6.62. The molecule has 2 N–H and O–H groups in total. The average Bonchev–Trinajstić information content (AvgIpc) is 3.17. The molecule has 0 bridgehead atoms. The van der Waals surface area contributed by atoms with Crippen molar-refractivity contribution in [2.24, 2.45) is 4.99 Å². The van der Waals surface area contributed by atoms with Crippen molar-refractivity contribution < 1.29 is 4.79 Å². The van der Waals surface area contributed by atoms with Gasteiger partial charge in [-0.05, 0) is 50.0 Å². The van der Waals surface area contributed by atoms with Crippen LogP contribution in [-0.4, -0.2) is 49.0 Å². The summed E-state index contributed by atoms with van der Waals surface area (Å²) in [6, 6.07) is 8.19. The molecule has 5 nitrogen and oxygen atoms in total. The van der Waals surface area contributed by atoms with E-state index in [9.17, 15) is 4.79 Å². The van der Waals surface area contributed by atoms with Crippen LogP contribution < -0.4 is 15.5 Å². The summed E-state index contributed by atoms with van der Waals surface area (Å²) in [7, 11) is 0. The van der Waals surface area contributed by atoms with Crippen LogP contribution in [0.5, 0.6) is 0 Å². The molecule has 6 heteroatoms. The highest BCUT2D eigenvalue weighted by Gasteiger charge is 2.22. The summed E-state index contributed by atoms with van der Waals surface area (Å²) in [6.45, 7) is 4.72. The van der Waals surface area contributed by atoms with Crippen molar-refractivity contribution in [1.82, 2.24) is 10.6 Å². The van der Waals surface area contributed by atoms with E-state index in [-0.39, 0.29) is 12.5 Å². The Hall–Kier alpha value is -1.69. The van der Waals surface area contributed by atoms with Crippen molar-refractivity contribution >= 4 is 29.3 Å². The van der Waals surface area contributed by atoms with Crippen molar-refractivity contribution in [3.8, 4) is 0 Å². The maximum atomic E-state index is 12.7. The van der Waals surface area contributed by atoms with Crippen LogP contribution in [0.15, 0.2) is 29.3 Å². The van der Waals surface area contributed by atoms with Crippen LogP contribution in [0.1, 0.15) is 31.7 Å². The van der Waals surface area contributed by atoms with Crippen LogP contribution in [0.25, 0.3) is 0 Å². The minimum atomic E-state index is 0.0691. The van der Waals surface area contributed by atoms with Gasteiger partial charge in [-0.25, -0.2) is 4.99 Å². The van der Waals surface area contributed by atoms with Gasteiger partial charge in [0, 0.05) is 30.6 Å². The van der Waals surface area contributed by atoms with Gasteiger partial charge in [0.05, 0.1) is 0 Å². The van der Waals surface area contributed by atoms with E-state index in [0.29, 0.717) is 5.25 Å². The van der Waals surface area contributed by atoms with E-state index >= 15 is 0 Å². The number of hydrogen-bond donors (Lipinski definition) is 2. The second kappa shape index (κ2) is 9.13. The lowest BCUT2D eigenvalue weighted by molar-refractivity contribution is -0.117. The number of thioether (sulfide) groups is 1. The summed E-state index contributed by atoms with van der Waals surface area (Å²) >= 11 is 2.02. The zero-order chi connectivity index (χ0) is 17.5. The molecule has 0 aromatic heterocycles. The summed E-state index contributed by atoms with van der Waals surface area (Å²) in [4.78, 5) is 19.1. The Labute approximate surface area is 154 Å². The first kappa shape index (κ1) is 18.1. The standard InChI is InChI=1S/C19H28N4OS/c1-2-20-19(21-13-16-9-6-12-25-16)22-14-18(24)23-11-5-8-15-7-3-4-10-17(15)23/h3-4,7,10,16H,2,5-6,8-9,11-14H2,1H3,(H2,20,21,22). The third-order valence-electron chi connectivity index (χ3n) is 4.65. The SMILES string of the molecule is CCNC(=NCC(=O)N1CCCc2ccccc21)NCC1CCCS1. The van der Waals surface area contributed by atoms with Gasteiger partial charge in [-0.1, -0.05) is 18.2 Å². The number of aliphatic imine (C=N–C) groups is 1. The number of rotatable bonds is 5. The monoisotopic (exact) mass is 360 g/mol. The number of aryl methyl sites for hydroxylation is 1. The molecule has 2 aliphatic heterocycles. The van der Waals surface area contributed by atoms with E-state index < -0.39 is 0 Å². The van der Waals surface area contributed by atoms with Crippen LogP contribution in [0.2, 0.25) is 0 Å². The van der Waals surface area contributed by atoms with Gasteiger partial charge in [-0.15, -0.1) is 0 Å². The van der Waals surface area contributed by atoms with Gasteiger partial charge in [-0.3, -0.25) is 4.79 Å². The van der Waals surface area contributed by atoms with Gasteiger partial charge >= 0.3 is 0 Å². The normalized spacial score (nSPS) is 20.3. The molecule has 2 heterocycles. The van der Waals surface area contributed by atoms with Gasteiger partial charge < -0.3 is 15.5 Å². The van der Waals surface area contributed by atoms with Crippen molar-refractivity contribution in [2.45, 2.75) is 37.9 Å². The van der Waals surface area contributed by atoms with Gasteiger partial charge in [0.15, 0.2) is 5.96 Å². The topological polar surface area (TPSA) is 56.7 Å². The molecule has 1 aromatic rings. The van der Waals surface area contributed by atoms with Gasteiger partial charge in [0.25, 0.3) is 0 Å². The Morgan fingerprint density at radius 2 is 2.20 bits per heavy atom. The largest absolute Gasteiger partial charge is 0.357 e. The third kappa shape index (κ3) is 4.91. The molecule has 1 saturated heterocycles. The molecular weight excluding hydrogens is 332 g/mol. The maximum absolute atomic E-state index is 12.7.